The van der Waals surface area contributed by atoms with E-state index in [9.17, 15) is 5.11 Å². The van der Waals surface area contributed by atoms with E-state index >= 15 is 0 Å². The highest BCUT2D eigenvalue weighted by molar-refractivity contribution is 5.43. The van der Waals surface area contributed by atoms with Gasteiger partial charge in [-0.15, -0.1) is 0 Å². The first kappa shape index (κ1) is 11.4. The maximum atomic E-state index is 9.63. The van der Waals surface area contributed by atoms with Crippen molar-refractivity contribution in [3.63, 3.8) is 0 Å². The third-order valence-corrected chi connectivity index (χ3v) is 2.29. The van der Waals surface area contributed by atoms with Gasteiger partial charge in [0.15, 0.2) is 0 Å². The lowest BCUT2D eigenvalue weighted by atomic mass is 10.0. The Hall–Kier alpha value is -1.70. The Morgan fingerprint density at radius 1 is 1.40 bits per heavy atom. The van der Waals surface area contributed by atoms with E-state index in [-0.39, 0.29) is 5.75 Å². The molecular formula is C13H16O2. The summed E-state index contributed by atoms with van der Waals surface area (Å²) < 4.78 is 5.09. The van der Waals surface area contributed by atoms with Gasteiger partial charge in [0.1, 0.15) is 11.5 Å². The summed E-state index contributed by atoms with van der Waals surface area (Å²) in [6.45, 7) is 9.61. The minimum absolute atomic E-state index is 0.262. The Morgan fingerprint density at radius 2 is 2.07 bits per heavy atom. The van der Waals surface area contributed by atoms with Crippen molar-refractivity contribution < 1.29 is 9.84 Å². The molecule has 0 bridgehead atoms. The van der Waals surface area contributed by atoms with Crippen molar-refractivity contribution in [3.8, 4) is 11.5 Å². The van der Waals surface area contributed by atoms with Gasteiger partial charge < -0.3 is 9.84 Å². The predicted molar refractivity (Wildman–Crippen MR) is 62.3 cm³/mol. The van der Waals surface area contributed by atoms with Crippen LogP contribution in [0.2, 0.25) is 0 Å². The number of benzene rings is 1. The van der Waals surface area contributed by atoms with Gasteiger partial charge in [-0.2, -0.15) is 0 Å². The fourth-order valence-corrected chi connectivity index (χ4v) is 1.21. The van der Waals surface area contributed by atoms with Crippen LogP contribution in [0.1, 0.15) is 12.5 Å². The Labute approximate surface area is 90.5 Å². The molecule has 1 aromatic carbocycles. The van der Waals surface area contributed by atoms with Crippen LogP contribution >= 0.6 is 0 Å². The third kappa shape index (κ3) is 2.88. The maximum absolute atomic E-state index is 9.63. The van der Waals surface area contributed by atoms with Crippen molar-refractivity contribution in [1.82, 2.24) is 0 Å². The zero-order valence-electron chi connectivity index (χ0n) is 9.21. The number of hydrogen-bond donors (Lipinski definition) is 1. The summed E-state index contributed by atoms with van der Waals surface area (Å²) in [5, 5.41) is 9.63. The molecule has 0 aliphatic rings. The molecule has 80 valence electrons. The van der Waals surface area contributed by atoms with Gasteiger partial charge in [0.25, 0.3) is 0 Å². The summed E-state index contributed by atoms with van der Waals surface area (Å²) in [4.78, 5) is 0. The summed E-state index contributed by atoms with van der Waals surface area (Å²) >= 11 is 0. The van der Waals surface area contributed by atoms with Crippen LogP contribution in [0.3, 0.4) is 0 Å². The molecule has 0 unspecified atom stereocenters. The molecule has 0 aliphatic heterocycles. The highest BCUT2D eigenvalue weighted by atomic mass is 16.5. The van der Waals surface area contributed by atoms with E-state index in [2.05, 4.69) is 13.2 Å². The first-order chi connectivity index (χ1) is 7.04. The Balaban J connectivity index is 2.93. The number of rotatable bonds is 4. The van der Waals surface area contributed by atoms with Crippen LogP contribution in [0.15, 0.2) is 42.5 Å². The number of aromatic hydroxyl groups is 1. The van der Waals surface area contributed by atoms with E-state index in [4.69, 9.17) is 4.74 Å². The van der Waals surface area contributed by atoms with Gasteiger partial charge in [-0.05, 0) is 30.7 Å². The van der Waals surface area contributed by atoms with Crippen LogP contribution in [0.4, 0.5) is 0 Å². The van der Waals surface area contributed by atoms with Crippen LogP contribution in [-0.2, 0) is 6.42 Å². The number of allylic oxidation sites excluding steroid dienone is 2. The summed E-state index contributed by atoms with van der Waals surface area (Å²) in [6, 6.07) is 5.16. The normalized spacial score (nSPS) is 9.73. The van der Waals surface area contributed by atoms with Gasteiger partial charge in [-0.3, -0.25) is 0 Å². The van der Waals surface area contributed by atoms with E-state index in [1.165, 1.54) is 0 Å². The second-order valence-electron chi connectivity index (χ2n) is 3.56. The first-order valence-corrected chi connectivity index (χ1v) is 4.74. The average molecular weight is 204 g/mol. The van der Waals surface area contributed by atoms with Gasteiger partial charge in [0.2, 0.25) is 0 Å². The van der Waals surface area contributed by atoms with Crippen LogP contribution in [0, 0.1) is 0 Å². The largest absolute Gasteiger partial charge is 0.508 e. The predicted octanol–water partition coefficient (Wildman–Crippen LogP) is 3.08. The van der Waals surface area contributed by atoms with E-state index in [0.717, 1.165) is 22.5 Å². The molecule has 0 fully saturated rings. The molecule has 0 aromatic heterocycles. The smallest absolute Gasteiger partial charge is 0.119 e. The third-order valence-electron chi connectivity index (χ3n) is 2.29. The summed E-state index contributed by atoms with van der Waals surface area (Å²) in [5.41, 5.74) is 2.65. The van der Waals surface area contributed by atoms with Crippen molar-refractivity contribution in [1.29, 1.82) is 0 Å². The van der Waals surface area contributed by atoms with E-state index in [1.807, 2.05) is 13.0 Å². The molecule has 2 heteroatoms. The standard InChI is InChI=1S/C13H16O2/c1-9(2)10(3)7-11-8-12(15-4)5-6-13(11)14/h5-6,8,14H,1,3,7H2,2,4H3. The molecule has 0 saturated heterocycles. The van der Waals surface area contributed by atoms with E-state index in [1.54, 1.807) is 19.2 Å². The zero-order valence-corrected chi connectivity index (χ0v) is 9.21. The topological polar surface area (TPSA) is 29.5 Å². The average Bonchev–Trinajstić information content (AvgIpc) is 2.21. The van der Waals surface area contributed by atoms with Gasteiger partial charge >= 0.3 is 0 Å². The van der Waals surface area contributed by atoms with Gasteiger partial charge in [0.05, 0.1) is 7.11 Å². The lowest BCUT2D eigenvalue weighted by Crippen LogP contribution is -1.92. The lowest BCUT2D eigenvalue weighted by molar-refractivity contribution is 0.411. The highest BCUT2D eigenvalue weighted by Gasteiger charge is 2.05. The van der Waals surface area contributed by atoms with Crippen molar-refractivity contribution in [2.45, 2.75) is 13.3 Å². The molecule has 0 atom stereocenters. The number of phenolic OH excluding ortho intramolecular Hbond substituents is 1. The van der Waals surface area contributed by atoms with Gasteiger partial charge in [-0.1, -0.05) is 18.7 Å². The van der Waals surface area contributed by atoms with Crippen molar-refractivity contribution >= 4 is 0 Å². The SMILES string of the molecule is C=C(C)C(=C)Cc1cc(OC)ccc1O. The molecule has 0 amide bonds. The highest BCUT2D eigenvalue weighted by Crippen LogP contribution is 2.26. The quantitative estimate of drug-likeness (QED) is 0.764. The second-order valence-corrected chi connectivity index (χ2v) is 3.56. The molecule has 0 aliphatic carbocycles. The summed E-state index contributed by atoms with van der Waals surface area (Å²) in [6.07, 6.45) is 0.596. The first-order valence-electron chi connectivity index (χ1n) is 4.74. The van der Waals surface area contributed by atoms with E-state index < -0.39 is 0 Å². The van der Waals surface area contributed by atoms with Crippen LogP contribution < -0.4 is 4.74 Å². The molecule has 1 N–H and O–H groups in total. The lowest BCUT2D eigenvalue weighted by Gasteiger charge is -2.09. The number of methoxy groups -OCH3 is 1. The van der Waals surface area contributed by atoms with Crippen LogP contribution in [0.25, 0.3) is 0 Å². The number of hydrogen-bond acceptors (Lipinski definition) is 2. The Morgan fingerprint density at radius 3 is 2.60 bits per heavy atom. The Bertz CT molecular complexity index is 392. The molecule has 0 radical (unpaired) electrons. The van der Waals surface area contributed by atoms with Crippen molar-refractivity contribution in [3.05, 3.63) is 48.1 Å². The second kappa shape index (κ2) is 4.69. The summed E-state index contributed by atoms with van der Waals surface area (Å²) in [5.74, 6) is 0.996. The molecule has 1 rings (SSSR count). The monoisotopic (exact) mass is 204 g/mol. The van der Waals surface area contributed by atoms with Crippen molar-refractivity contribution in [2.75, 3.05) is 7.11 Å². The summed E-state index contributed by atoms with van der Waals surface area (Å²) in [7, 11) is 1.60. The zero-order chi connectivity index (χ0) is 11.4. The van der Waals surface area contributed by atoms with Crippen LogP contribution in [-0.4, -0.2) is 12.2 Å². The minimum atomic E-state index is 0.262. The number of phenols is 1. The fraction of sp³-hybridized carbons (Fsp3) is 0.231. The molecule has 1 aromatic rings. The Kier molecular flexibility index (Phi) is 3.56. The molecule has 0 heterocycles. The minimum Gasteiger partial charge on any atom is -0.508 e. The fourth-order valence-electron chi connectivity index (χ4n) is 1.21. The number of ether oxygens (including phenoxy) is 1. The maximum Gasteiger partial charge on any atom is 0.119 e. The van der Waals surface area contributed by atoms with E-state index in [0.29, 0.717) is 6.42 Å². The van der Waals surface area contributed by atoms with Crippen molar-refractivity contribution in [2.24, 2.45) is 0 Å². The molecule has 2 nitrogen and oxygen atoms in total. The van der Waals surface area contributed by atoms with Crippen LogP contribution in [0.5, 0.6) is 11.5 Å². The molecule has 0 saturated carbocycles. The van der Waals surface area contributed by atoms with Gasteiger partial charge in [-0.25, -0.2) is 0 Å². The molecule has 15 heavy (non-hydrogen) atoms. The molecule has 0 spiro atoms. The van der Waals surface area contributed by atoms with Gasteiger partial charge in [0, 0.05) is 12.0 Å². The molecular weight excluding hydrogens is 188 g/mol.